The molecule has 1 unspecified atom stereocenters. The number of amides is 2. The number of primary amides is 1. The van der Waals surface area contributed by atoms with E-state index in [4.69, 9.17) is 16.7 Å². The summed E-state index contributed by atoms with van der Waals surface area (Å²) in [7, 11) is 0. The highest BCUT2D eigenvalue weighted by molar-refractivity contribution is 6.07. The second-order valence-corrected chi connectivity index (χ2v) is 3.87. The monoisotopic (exact) mass is 244 g/mol. The van der Waals surface area contributed by atoms with Gasteiger partial charge in [0.25, 0.3) is 0 Å². The molecule has 0 saturated carbocycles. The number of hydrogen-bond donors (Lipinski definition) is 4. The zero-order chi connectivity index (χ0) is 13.6. The first-order valence-corrected chi connectivity index (χ1v) is 5.44. The van der Waals surface area contributed by atoms with Gasteiger partial charge < -0.3 is 22.0 Å². The lowest BCUT2D eigenvalue weighted by Gasteiger charge is -2.29. The fourth-order valence-electron chi connectivity index (χ4n) is 1.55. The average molecular weight is 244 g/mol. The minimum atomic E-state index is -1.11. The number of oxime groups is 1. The highest BCUT2D eigenvalue weighted by atomic mass is 16.4. The summed E-state index contributed by atoms with van der Waals surface area (Å²) in [5.74, 6) is -1.28. The fourth-order valence-corrected chi connectivity index (χ4v) is 1.55. The minimum absolute atomic E-state index is 0.170. The van der Waals surface area contributed by atoms with Gasteiger partial charge in [0.05, 0.1) is 0 Å². The van der Waals surface area contributed by atoms with E-state index >= 15 is 0 Å². The summed E-state index contributed by atoms with van der Waals surface area (Å²) in [6, 6.07) is -0.800. The molecule has 1 atom stereocenters. The van der Waals surface area contributed by atoms with Crippen LogP contribution in [0, 0.1) is 5.41 Å². The van der Waals surface area contributed by atoms with Crippen LogP contribution in [0.25, 0.3) is 0 Å². The number of nitrogens with two attached hydrogens (primary N) is 2. The van der Waals surface area contributed by atoms with Gasteiger partial charge in [0.2, 0.25) is 11.8 Å². The summed E-state index contributed by atoms with van der Waals surface area (Å²) < 4.78 is 0. The Morgan fingerprint density at radius 2 is 1.82 bits per heavy atom. The van der Waals surface area contributed by atoms with Gasteiger partial charge in [0, 0.05) is 0 Å². The first-order chi connectivity index (χ1) is 7.85. The Bertz CT molecular complexity index is 324. The lowest BCUT2D eigenvalue weighted by molar-refractivity contribution is -0.131. The van der Waals surface area contributed by atoms with E-state index in [0.717, 1.165) is 0 Å². The van der Waals surface area contributed by atoms with Crippen LogP contribution < -0.4 is 16.8 Å². The van der Waals surface area contributed by atoms with Crippen molar-refractivity contribution in [2.45, 2.75) is 39.7 Å². The molecule has 0 aromatic heterocycles. The Kier molecular flexibility index (Phi) is 5.43. The Morgan fingerprint density at radius 3 is 2.12 bits per heavy atom. The van der Waals surface area contributed by atoms with Crippen molar-refractivity contribution in [3.8, 4) is 0 Å². The molecule has 2 amide bonds. The maximum absolute atomic E-state index is 12.1. The summed E-state index contributed by atoms with van der Waals surface area (Å²) in [6.07, 6.45) is 0.716. The molecule has 0 aliphatic rings. The smallest absolute Gasteiger partial charge is 0.239 e. The highest BCUT2D eigenvalue weighted by Crippen LogP contribution is 2.27. The summed E-state index contributed by atoms with van der Waals surface area (Å²) in [6.45, 7) is 4.97. The molecule has 6 N–H and O–H groups in total. The third-order valence-electron chi connectivity index (χ3n) is 3.01. The van der Waals surface area contributed by atoms with E-state index in [9.17, 15) is 9.59 Å². The Balaban J connectivity index is 5.09. The van der Waals surface area contributed by atoms with E-state index in [2.05, 4.69) is 10.5 Å². The molecule has 98 valence electrons. The lowest BCUT2D eigenvalue weighted by Crippen LogP contribution is -2.53. The summed E-state index contributed by atoms with van der Waals surface area (Å²) in [4.78, 5) is 22.9. The fraction of sp³-hybridized carbons (Fsp3) is 0.700. The second kappa shape index (κ2) is 6.07. The van der Waals surface area contributed by atoms with E-state index in [1.807, 2.05) is 0 Å². The van der Waals surface area contributed by atoms with Gasteiger partial charge in [0.15, 0.2) is 5.84 Å². The molecule has 0 aliphatic carbocycles. The zero-order valence-electron chi connectivity index (χ0n) is 10.4. The maximum Gasteiger partial charge on any atom is 0.239 e. The predicted molar refractivity (Wildman–Crippen MR) is 63.2 cm³/mol. The number of carbonyl (C=O) groups excluding carboxylic acids is 2. The van der Waals surface area contributed by atoms with Crippen molar-refractivity contribution in [2.24, 2.45) is 22.0 Å². The van der Waals surface area contributed by atoms with E-state index in [1.54, 1.807) is 13.8 Å². The molecule has 0 radical (unpaired) electrons. The summed E-state index contributed by atoms with van der Waals surface area (Å²) in [5.41, 5.74) is 9.49. The van der Waals surface area contributed by atoms with Gasteiger partial charge >= 0.3 is 0 Å². The van der Waals surface area contributed by atoms with Crippen LogP contribution in [0.1, 0.15) is 33.6 Å². The zero-order valence-corrected chi connectivity index (χ0v) is 10.4. The highest BCUT2D eigenvalue weighted by Gasteiger charge is 2.40. The molecular weight excluding hydrogens is 224 g/mol. The standard InChI is InChI=1S/C10H20N4O3/c1-4-10(5-2,8(12)14-17)9(16)13-6(3)7(11)15/h6,17H,4-5H2,1-3H3,(H2,11,15)(H2,12,14)(H,13,16). The first-order valence-electron chi connectivity index (χ1n) is 5.44. The van der Waals surface area contributed by atoms with Crippen LogP contribution in [-0.2, 0) is 9.59 Å². The van der Waals surface area contributed by atoms with Crippen LogP contribution in [0.3, 0.4) is 0 Å². The van der Waals surface area contributed by atoms with Gasteiger partial charge in [-0.2, -0.15) is 0 Å². The van der Waals surface area contributed by atoms with Crippen molar-refractivity contribution >= 4 is 17.6 Å². The van der Waals surface area contributed by atoms with Gasteiger partial charge in [-0.15, -0.1) is 0 Å². The normalized spacial score (nSPS) is 14.2. The molecule has 0 heterocycles. The van der Waals surface area contributed by atoms with E-state index in [0.29, 0.717) is 12.8 Å². The number of amidine groups is 1. The van der Waals surface area contributed by atoms with Crippen LogP contribution in [-0.4, -0.2) is 28.9 Å². The molecule has 0 fully saturated rings. The molecule has 7 nitrogen and oxygen atoms in total. The first kappa shape index (κ1) is 15.2. The van der Waals surface area contributed by atoms with Gasteiger partial charge in [-0.05, 0) is 19.8 Å². The van der Waals surface area contributed by atoms with Crippen molar-refractivity contribution in [3.63, 3.8) is 0 Å². The van der Waals surface area contributed by atoms with E-state index in [-0.39, 0.29) is 5.84 Å². The van der Waals surface area contributed by atoms with Crippen molar-refractivity contribution in [1.29, 1.82) is 0 Å². The molecule has 0 spiro atoms. The Hall–Kier alpha value is -1.79. The molecule has 0 bridgehead atoms. The third kappa shape index (κ3) is 3.08. The molecule has 17 heavy (non-hydrogen) atoms. The van der Waals surface area contributed by atoms with Gasteiger partial charge in [0.1, 0.15) is 11.5 Å². The largest absolute Gasteiger partial charge is 0.409 e. The topological polar surface area (TPSA) is 131 Å². The van der Waals surface area contributed by atoms with E-state index < -0.39 is 23.3 Å². The van der Waals surface area contributed by atoms with Crippen molar-refractivity contribution in [3.05, 3.63) is 0 Å². The van der Waals surface area contributed by atoms with Crippen LogP contribution in [0.4, 0.5) is 0 Å². The summed E-state index contributed by atoms with van der Waals surface area (Å²) in [5, 5.41) is 14.1. The van der Waals surface area contributed by atoms with Crippen LogP contribution in [0.2, 0.25) is 0 Å². The van der Waals surface area contributed by atoms with Gasteiger partial charge in [-0.25, -0.2) is 0 Å². The molecule has 0 aromatic carbocycles. The Labute approximate surface area is 100 Å². The van der Waals surface area contributed by atoms with Crippen molar-refractivity contribution in [1.82, 2.24) is 5.32 Å². The number of rotatable bonds is 6. The average Bonchev–Trinajstić information content (AvgIpc) is 2.30. The quantitative estimate of drug-likeness (QED) is 0.218. The summed E-state index contributed by atoms with van der Waals surface area (Å²) >= 11 is 0. The van der Waals surface area contributed by atoms with Gasteiger partial charge in [-0.1, -0.05) is 19.0 Å². The molecule has 0 aliphatic heterocycles. The van der Waals surface area contributed by atoms with Crippen LogP contribution in [0.15, 0.2) is 5.16 Å². The molecular formula is C10H20N4O3. The minimum Gasteiger partial charge on any atom is -0.409 e. The number of hydrogen-bond acceptors (Lipinski definition) is 4. The molecule has 0 rings (SSSR count). The number of nitrogens with one attached hydrogen (secondary N) is 1. The predicted octanol–water partition coefficient (Wildman–Crippen LogP) is -0.471. The second-order valence-electron chi connectivity index (χ2n) is 3.87. The molecule has 7 heteroatoms. The molecule has 0 aromatic rings. The Morgan fingerprint density at radius 1 is 1.35 bits per heavy atom. The van der Waals surface area contributed by atoms with Crippen LogP contribution >= 0.6 is 0 Å². The van der Waals surface area contributed by atoms with Gasteiger partial charge in [-0.3, -0.25) is 9.59 Å². The third-order valence-corrected chi connectivity index (χ3v) is 3.01. The number of nitrogens with zero attached hydrogens (tertiary/aromatic N) is 1. The van der Waals surface area contributed by atoms with Crippen LogP contribution in [0.5, 0.6) is 0 Å². The molecule has 0 saturated heterocycles. The van der Waals surface area contributed by atoms with E-state index in [1.165, 1.54) is 6.92 Å². The van der Waals surface area contributed by atoms with Crippen molar-refractivity contribution in [2.75, 3.05) is 0 Å². The maximum atomic E-state index is 12.1. The lowest BCUT2D eigenvalue weighted by atomic mass is 9.80. The SMILES string of the molecule is CCC(CC)(C(=O)NC(C)C(N)=O)C(N)=NO. The van der Waals surface area contributed by atoms with Crippen molar-refractivity contribution < 1.29 is 14.8 Å². The number of carbonyl (C=O) groups is 2.